The van der Waals surface area contributed by atoms with Crippen LogP contribution in [0.3, 0.4) is 0 Å². The first-order valence-corrected chi connectivity index (χ1v) is 7.09. The zero-order valence-corrected chi connectivity index (χ0v) is 12.0. The second kappa shape index (κ2) is 6.89. The lowest BCUT2D eigenvalue weighted by Crippen LogP contribution is -2.48. The van der Waals surface area contributed by atoms with Gasteiger partial charge in [-0.15, -0.1) is 0 Å². The molecule has 0 aromatic carbocycles. The number of hydrogen-bond acceptors (Lipinski definition) is 3. The molecule has 0 radical (unpaired) electrons. The Morgan fingerprint density at radius 1 is 1.37 bits per heavy atom. The lowest BCUT2D eigenvalue weighted by atomic mass is 9.70. The molecule has 19 heavy (non-hydrogen) atoms. The average molecular weight is 270 g/mol. The first-order chi connectivity index (χ1) is 8.91. The molecule has 0 aliphatic heterocycles. The normalized spacial score (nSPS) is 27.0. The number of carboxylic acid groups (broad SMARTS) is 1. The van der Waals surface area contributed by atoms with E-state index in [9.17, 15) is 9.59 Å². The summed E-state index contributed by atoms with van der Waals surface area (Å²) in [5, 5.41) is 8.62. The summed E-state index contributed by atoms with van der Waals surface area (Å²) in [5.74, 6) is -0.0574. The summed E-state index contributed by atoms with van der Waals surface area (Å²) in [6.45, 7) is 3.09. The fraction of sp³-hybridized carbons (Fsp3) is 0.857. The number of nitrogens with two attached hydrogens (primary N) is 1. The van der Waals surface area contributed by atoms with Crippen LogP contribution in [0.15, 0.2) is 0 Å². The third kappa shape index (κ3) is 4.20. The first kappa shape index (κ1) is 16.0. The molecular formula is C14H26N2O3. The predicted molar refractivity (Wildman–Crippen MR) is 73.6 cm³/mol. The number of carbonyl (C=O) groups is 2. The second-order valence-electron chi connectivity index (χ2n) is 5.89. The highest BCUT2D eigenvalue weighted by Crippen LogP contribution is 2.39. The van der Waals surface area contributed by atoms with Gasteiger partial charge in [0.2, 0.25) is 5.91 Å². The van der Waals surface area contributed by atoms with E-state index in [0.29, 0.717) is 25.4 Å². The Morgan fingerprint density at radius 2 is 1.95 bits per heavy atom. The molecule has 0 unspecified atom stereocenters. The highest BCUT2D eigenvalue weighted by Gasteiger charge is 2.41. The quantitative estimate of drug-likeness (QED) is 0.765. The molecule has 1 saturated carbocycles. The molecule has 0 bridgehead atoms. The van der Waals surface area contributed by atoms with Gasteiger partial charge in [0.15, 0.2) is 0 Å². The summed E-state index contributed by atoms with van der Waals surface area (Å²) >= 11 is 0. The Kier molecular flexibility index (Phi) is 5.79. The molecule has 1 fully saturated rings. The topological polar surface area (TPSA) is 83.6 Å². The molecule has 1 aliphatic carbocycles. The van der Waals surface area contributed by atoms with Crippen molar-refractivity contribution in [1.82, 2.24) is 4.90 Å². The second-order valence-corrected chi connectivity index (χ2v) is 5.89. The largest absolute Gasteiger partial charge is 0.481 e. The van der Waals surface area contributed by atoms with Gasteiger partial charge in [0.05, 0.1) is 5.41 Å². The van der Waals surface area contributed by atoms with Crippen molar-refractivity contribution in [3.8, 4) is 0 Å². The third-order valence-corrected chi connectivity index (χ3v) is 4.31. The van der Waals surface area contributed by atoms with Crippen LogP contribution < -0.4 is 5.73 Å². The summed E-state index contributed by atoms with van der Waals surface area (Å²) in [6, 6.07) is 0. The number of carboxylic acids is 1. The van der Waals surface area contributed by atoms with Crippen molar-refractivity contribution in [3.05, 3.63) is 0 Å². The summed E-state index contributed by atoms with van der Waals surface area (Å²) < 4.78 is 0. The fourth-order valence-corrected chi connectivity index (χ4v) is 2.79. The number of aliphatic carboxylic acids is 1. The van der Waals surface area contributed by atoms with Gasteiger partial charge < -0.3 is 15.7 Å². The minimum atomic E-state index is -0.819. The smallest absolute Gasteiger partial charge is 0.303 e. The molecule has 0 atom stereocenters. The maximum Gasteiger partial charge on any atom is 0.303 e. The maximum absolute atomic E-state index is 12.5. The van der Waals surface area contributed by atoms with Crippen LogP contribution in [0.4, 0.5) is 0 Å². The van der Waals surface area contributed by atoms with Crippen LogP contribution in [-0.2, 0) is 9.59 Å². The predicted octanol–water partition coefficient (Wildman–Crippen LogP) is 1.46. The highest BCUT2D eigenvalue weighted by atomic mass is 16.4. The average Bonchev–Trinajstić information content (AvgIpc) is 2.38. The Bertz CT molecular complexity index is 323. The van der Waals surface area contributed by atoms with E-state index in [0.717, 1.165) is 25.7 Å². The van der Waals surface area contributed by atoms with E-state index in [-0.39, 0.29) is 12.3 Å². The minimum absolute atomic E-state index is 0.0901. The van der Waals surface area contributed by atoms with E-state index in [1.165, 1.54) is 0 Å². The Hall–Kier alpha value is -1.10. The van der Waals surface area contributed by atoms with Gasteiger partial charge in [-0.1, -0.05) is 6.92 Å². The Labute approximate surface area is 115 Å². The minimum Gasteiger partial charge on any atom is -0.481 e. The van der Waals surface area contributed by atoms with Gasteiger partial charge in [0.1, 0.15) is 0 Å². The summed E-state index contributed by atoms with van der Waals surface area (Å²) in [5.41, 5.74) is 5.45. The van der Waals surface area contributed by atoms with Crippen molar-refractivity contribution in [3.63, 3.8) is 0 Å². The summed E-state index contributed by atoms with van der Waals surface area (Å²) in [7, 11) is 1.75. The van der Waals surface area contributed by atoms with E-state index < -0.39 is 11.4 Å². The van der Waals surface area contributed by atoms with E-state index in [4.69, 9.17) is 10.8 Å². The number of amides is 1. The molecular weight excluding hydrogens is 244 g/mol. The van der Waals surface area contributed by atoms with Gasteiger partial charge in [-0.25, -0.2) is 0 Å². The molecule has 1 aliphatic rings. The van der Waals surface area contributed by atoms with Crippen LogP contribution in [0.2, 0.25) is 0 Å². The molecule has 0 saturated heterocycles. The van der Waals surface area contributed by atoms with Gasteiger partial charge in [-0.3, -0.25) is 9.59 Å². The third-order valence-electron chi connectivity index (χ3n) is 4.31. The lowest BCUT2D eigenvalue weighted by molar-refractivity contribution is -0.143. The number of nitrogens with zero attached hydrogens (tertiary/aromatic N) is 1. The Balaban J connectivity index is 2.55. The molecule has 5 heteroatoms. The molecule has 3 N–H and O–H groups in total. The monoisotopic (exact) mass is 270 g/mol. The van der Waals surface area contributed by atoms with Crippen LogP contribution >= 0.6 is 0 Å². The number of hydrogen-bond donors (Lipinski definition) is 2. The molecule has 1 rings (SSSR count). The summed E-state index contributed by atoms with van der Waals surface area (Å²) in [4.78, 5) is 24.7. The molecule has 110 valence electrons. The number of rotatable bonds is 6. The van der Waals surface area contributed by atoms with E-state index >= 15 is 0 Å². The van der Waals surface area contributed by atoms with Gasteiger partial charge >= 0.3 is 5.97 Å². The molecule has 0 heterocycles. The van der Waals surface area contributed by atoms with Crippen molar-refractivity contribution in [2.75, 3.05) is 20.1 Å². The van der Waals surface area contributed by atoms with Crippen molar-refractivity contribution in [2.45, 2.75) is 45.4 Å². The van der Waals surface area contributed by atoms with Crippen LogP contribution in [0, 0.1) is 11.3 Å². The van der Waals surface area contributed by atoms with Crippen molar-refractivity contribution >= 4 is 11.9 Å². The maximum atomic E-state index is 12.5. The van der Waals surface area contributed by atoms with Gasteiger partial charge in [-0.05, 0) is 38.0 Å². The van der Waals surface area contributed by atoms with Crippen molar-refractivity contribution < 1.29 is 14.7 Å². The molecule has 0 aromatic rings. The SMILES string of the molecule is CC1CCC(CN)(C(=O)N(C)CCCC(=O)O)CC1. The lowest BCUT2D eigenvalue weighted by Gasteiger charge is -2.39. The standard InChI is InChI=1S/C14H26N2O3/c1-11-5-7-14(10-15,8-6-11)13(19)16(2)9-3-4-12(17)18/h11H,3-10,15H2,1-2H3,(H,17,18). The van der Waals surface area contributed by atoms with E-state index in [1.807, 2.05) is 0 Å². The first-order valence-electron chi connectivity index (χ1n) is 7.09. The number of carbonyl (C=O) groups excluding carboxylic acids is 1. The van der Waals surface area contributed by atoms with Crippen LogP contribution in [0.1, 0.15) is 45.4 Å². The van der Waals surface area contributed by atoms with Crippen LogP contribution in [0.25, 0.3) is 0 Å². The fourth-order valence-electron chi connectivity index (χ4n) is 2.79. The van der Waals surface area contributed by atoms with Crippen molar-refractivity contribution in [2.24, 2.45) is 17.1 Å². The van der Waals surface area contributed by atoms with Gasteiger partial charge in [0.25, 0.3) is 0 Å². The van der Waals surface area contributed by atoms with Gasteiger partial charge in [0, 0.05) is 26.6 Å². The zero-order chi connectivity index (χ0) is 14.5. The summed E-state index contributed by atoms with van der Waals surface area (Å²) in [6.07, 6.45) is 4.40. The van der Waals surface area contributed by atoms with E-state index in [2.05, 4.69) is 6.92 Å². The molecule has 0 aromatic heterocycles. The van der Waals surface area contributed by atoms with Crippen molar-refractivity contribution in [1.29, 1.82) is 0 Å². The Morgan fingerprint density at radius 3 is 2.42 bits per heavy atom. The molecule has 5 nitrogen and oxygen atoms in total. The zero-order valence-electron chi connectivity index (χ0n) is 12.0. The van der Waals surface area contributed by atoms with Crippen LogP contribution in [-0.4, -0.2) is 42.0 Å². The van der Waals surface area contributed by atoms with Crippen LogP contribution in [0.5, 0.6) is 0 Å². The van der Waals surface area contributed by atoms with E-state index in [1.54, 1.807) is 11.9 Å². The highest BCUT2D eigenvalue weighted by molar-refractivity contribution is 5.83. The molecule has 1 amide bonds. The van der Waals surface area contributed by atoms with Gasteiger partial charge in [-0.2, -0.15) is 0 Å². The molecule has 0 spiro atoms.